The maximum Gasteiger partial charge on any atom is 0.164 e. The van der Waals surface area contributed by atoms with E-state index in [1.807, 2.05) is 0 Å². The van der Waals surface area contributed by atoms with Gasteiger partial charge in [-0.1, -0.05) is 0 Å². The number of rotatable bonds is 3. The SMILES string of the molecule is Cl.NCCC(=O)c1cc(F)cc(F)c1. The van der Waals surface area contributed by atoms with Crippen molar-refractivity contribution in [1.82, 2.24) is 0 Å². The average Bonchev–Trinajstić information content (AvgIpc) is 2.03. The highest BCUT2D eigenvalue weighted by molar-refractivity contribution is 5.96. The summed E-state index contributed by atoms with van der Waals surface area (Å²) in [5.74, 6) is -1.85. The molecule has 0 unspecified atom stereocenters. The van der Waals surface area contributed by atoms with Gasteiger partial charge in [0.1, 0.15) is 11.6 Å². The quantitative estimate of drug-likeness (QED) is 0.793. The van der Waals surface area contributed by atoms with Crippen LogP contribution in [-0.2, 0) is 0 Å². The maximum atomic E-state index is 12.6. The van der Waals surface area contributed by atoms with Crippen molar-refractivity contribution in [2.24, 2.45) is 5.73 Å². The molecule has 0 heterocycles. The van der Waals surface area contributed by atoms with Crippen LogP contribution in [0.3, 0.4) is 0 Å². The number of hydrogen-bond donors (Lipinski definition) is 1. The van der Waals surface area contributed by atoms with Crippen molar-refractivity contribution < 1.29 is 13.6 Å². The van der Waals surface area contributed by atoms with E-state index >= 15 is 0 Å². The molecule has 2 N–H and O–H groups in total. The summed E-state index contributed by atoms with van der Waals surface area (Å²) >= 11 is 0. The fraction of sp³-hybridized carbons (Fsp3) is 0.222. The fourth-order valence-corrected chi connectivity index (χ4v) is 0.990. The van der Waals surface area contributed by atoms with E-state index < -0.39 is 11.6 Å². The second-order valence-corrected chi connectivity index (χ2v) is 2.62. The van der Waals surface area contributed by atoms with E-state index in [-0.39, 0.29) is 36.7 Å². The number of benzene rings is 1. The molecule has 0 radical (unpaired) electrons. The highest BCUT2D eigenvalue weighted by Crippen LogP contribution is 2.09. The van der Waals surface area contributed by atoms with E-state index in [1.54, 1.807) is 0 Å². The standard InChI is InChI=1S/C9H9F2NO.ClH/c10-7-3-6(4-8(11)5-7)9(13)1-2-12;/h3-5H,1-2,12H2;1H. The van der Waals surface area contributed by atoms with Gasteiger partial charge in [0.2, 0.25) is 0 Å². The van der Waals surface area contributed by atoms with E-state index in [0.717, 1.165) is 18.2 Å². The lowest BCUT2D eigenvalue weighted by molar-refractivity contribution is 0.0984. The summed E-state index contributed by atoms with van der Waals surface area (Å²) in [4.78, 5) is 11.1. The van der Waals surface area contributed by atoms with Gasteiger partial charge in [-0.2, -0.15) is 0 Å². The number of Topliss-reactive ketones (excluding diaryl/α,β-unsaturated/α-hetero) is 1. The van der Waals surface area contributed by atoms with Crippen LogP contribution in [0.15, 0.2) is 18.2 Å². The molecule has 1 aromatic rings. The van der Waals surface area contributed by atoms with Gasteiger partial charge >= 0.3 is 0 Å². The topological polar surface area (TPSA) is 43.1 Å². The Morgan fingerprint density at radius 2 is 1.71 bits per heavy atom. The number of halogens is 3. The van der Waals surface area contributed by atoms with Crippen LogP contribution in [0.2, 0.25) is 0 Å². The molecule has 5 heteroatoms. The largest absolute Gasteiger partial charge is 0.330 e. The molecular weight excluding hydrogens is 212 g/mol. The third-order valence-electron chi connectivity index (χ3n) is 1.56. The Kier molecular flexibility index (Phi) is 5.27. The zero-order valence-electron chi connectivity index (χ0n) is 7.30. The predicted octanol–water partition coefficient (Wildman–Crippen LogP) is 1.92. The van der Waals surface area contributed by atoms with Gasteiger partial charge < -0.3 is 5.73 Å². The molecule has 0 saturated heterocycles. The van der Waals surface area contributed by atoms with E-state index in [0.29, 0.717) is 0 Å². The first-order chi connectivity index (χ1) is 6.13. The normalized spacial score (nSPS) is 9.36. The predicted molar refractivity (Wildman–Crippen MR) is 51.6 cm³/mol. The second-order valence-electron chi connectivity index (χ2n) is 2.62. The summed E-state index contributed by atoms with van der Waals surface area (Å²) in [6.07, 6.45) is 0.100. The van der Waals surface area contributed by atoms with Crippen molar-refractivity contribution in [2.45, 2.75) is 6.42 Å². The molecule has 2 nitrogen and oxygen atoms in total. The Labute approximate surface area is 86.5 Å². The van der Waals surface area contributed by atoms with Gasteiger partial charge in [0, 0.05) is 18.1 Å². The lowest BCUT2D eigenvalue weighted by atomic mass is 10.1. The van der Waals surface area contributed by atoms with Crippen molar-refractivity contribution in [1.29, 1.82) is 0 Å². The molecule has 14 heavy (non-hydrogen) atoms. The third-order valence-corrected chi connectivity index (χ3v) is 1.56. The monoisotopic (exact) mass is 221 g/mol. The molecule has 0 amide bonds. The van der Waals surface area contributed by atoms with Crippen LogP contribution in [0, 0.1) is 11.6 Å². The highest BCUT2D eigenvalue weighted by Gasteiger charge is 2.07. The van der Waals surface area contributed by atoms with Crippen molar-refractivity contribution in [3.8, 4) is 0 Å². The van der Waals surface area contributed by atoms with Gasteiger partial charge in [0.25, 0.3) is 0 Å². The summed E-state index contributed by atoms with van der Waals surface area (Å²) < 4.78 is 25.2. The number of carbonyl (C=O) groups excluding carboxylic acids is 1. The molecule has 0 saturated carbocycles. The zero-order valence-corrected chi connectivity index (χ0v) is 8.11. The van der Waals surface area contributed by atoms with Crippen LogP contribution in [0.5, 0.6) is 0 Å². The van der Waals surface area contributed by atoms with Crippen LogP contribution in [0.4, 0.5) is 8.78 Å². The van der Waals surface area contributed by atoms with Crippen molar-refractivity contribution in [3.05, 3.63) is 35.4 Å². The van der Waals surface area contributed by atoms with Gasteiger partial charge in [-0.05, 0) is 18.7 Å². The molecule has 0 aliphatic heterocycles. The van der Waals surface area contributed by atoms with Crippen molar-refractivity contribution in [2.75, 3.05) is 6.54 Å². The molecule has 78 valence electrons. The summed E-state index contributed by atoms with van der Waals surface area (Å²) in [5.41, 5.74) is 5.17. The first kappa shape index (κ1) is 13.0. The Balaban J connectivity index is 0.00000169. The second kappa shape index (κ2) is 5.67. The summed E-state index contributed by atoms with van der Waals surface area (Å²) in [6, 6.07) is 2.72. The van der Waals surface area contributed by atoms with E-state index in [4.69, 9.17) is 5.73 Å². The van der Waals surface area contributed by atoms with Crippen LogP contribution >= 0.6 is 12.4 Å². The average molecular weight is 222 g/mol. The Morgan fingerprint density at radius 1 is 1.21 bits per heavy atom. The smallest absolute Gasteiger partial charge is 0.164 e. The van der Waals surface area contributed by atoms with Crippen molar-refractivity contribution >= 4 is 18.2 Å². The van der Waals surface area contributed by atoms with Gasteiger partial charge in [-0.25, -0.2) is 8.78 Å². The zero-order chi connectivity index (χ0) is 9.84. The number of nitrogens with two attached hydrogens (primary N) is 1. The molecule has 0 aliphatic carbocycles. The van der Waals surface area contributed by atoms with Gasteiger partial charge in [0.15, 0.2) is 5.78 Å². The maximum absolute atomic E-state index is 12.6. The molecule has 0 atom stereocenters. The first-order valence-corrected chi connectivity index (χ1v) is 3.83. The molecule has 0 aromatic heterocycles. The molecule has 0 fully saturated rings. The fourth-order valence-electron chi connectivity index (χ4n) is 0.990. The molecule has 1 rings (SSSR count). The lowest BCUT2D eigenvalue weighted by Crippen LogP contribution is -2.08. The Bertz CT molecular complexity index is 310. The van der Waals surface area contributed by atoms with Crippen LogP contribution in [-0.4, -0.2) is 12.3 Å². The van der Waals surface area contributed by atoms with Crippen molar-refractivity contribution in [3.63, 3.8) is 0 Å². The van der Waals surface area contributed by atoms with Gasteiger partial charge in [-0.15, -0.1) is 12.4 Å². The molecule has 1 aromatic carbocycles. The molecule has 0 aliphatic rings. The van der Waals surface area contributed by atoms with Crippen LogP contribution in [0.25, 0.3) is 0 Å². The number of carbonyl (C=O) groups is 1. The minimum absolute atomic E-state index is 0. The first-order valence-electron chi connectivity index (χ1n) is 3.83. The molecule has 0 bridgehead atoms. The van der Waals surface area contributed by atoms with E-state index in [1.165, 1.54) is 0 Å². The van der Waals surface area contributed by atoms with Gasteiger partial charge in [-0.3, -0.25) is 4.79 Å². The summed E-state index contributed by atoms with van der Waals surface area (Å²) in [6.45, 7) is 0.178. The summed E-state index contributed by atoms with van der Waals surface area (Å²) in [5, 5.41) is 0. The van der Waals surface area contributed by atoms with E-state index in [9.17, 15) is 13.6 Å². The minimum Gasteiger partial charge on any atom is -0.330 e. The highest BCUT2D eigenvalue weighted by atomic mass is 35.5. The van der Waals surface area contributed by atoms with Gasteiger partial charge in [0.05, 0.1) is 0 Å². The number of hydrogen-bond acceptors (Lipinski definition) is 2. The van der Waals surface area contributed by atoms with Crippen LogP contribution < -0.4 is 5.73 Å². The Hall–Kier alpha value is -1.00. The minimum atomic E-state index is -0.750. The van der Waals surface area contributed by atoms with Crippen LogP contribution in [0.1, 0.15) is 16.8 Å². The third kappa shape index (κ3) is 3.40. The van der Waals surface area contributed by atoms with E-state index in [2.05, 4.69) is 0 Å². The summed E-state index contributed by atoms with van der Waals surface area (Å²) in [7, 11) is 0. The Morgan fingerprint density at radius 3 is 2.14 bits per heavy atom. The lowest BCUT2D eigenvalue weighted by Gasteiger charge is -1.99. The molecular formula is C9H10ClF2NO. The number of ketones is 1. The molecule has 0 spiro atoms.